The third kappa shape index (κ3) is 4.75. The number of carbonyl (C=O) groups is 3. The van der Waals surface area contributed by atoms with Gasteiger partial charge in [0.05, 0.1) is 12.6 Å². The summed E-state index contributed by atoms with van der Waals surface area (Å²) in [6.45, 7) is 4.86. The molecule has 33 heavy (non-hydrogen) atoms. The van der Waals surface area contributed by atoms with Gasteiger partial charge in [0.25, 0.3) is 0 Å². The SMILES string of the molecule is CCc1cccc(CC)c1NC(=O)CN1C(=O)N(Cc2cccnc2)C(=O)C2NCCCC21. The second-order valence-corrected chi connectivity index (χ2v) is 8.54. The number of aromatic nitrogens is 1. The first kappa shape index (κ1) is 22.9. The summed E-state index contributed by atoms with van der Waals surface area (Å²) < 4.78 is 0. The Morgan fingerprint density at radius 1 is 1.15 bits per heavy atom. The number of amides is 4. The van der Waals surface area contributed by atoms with Crippen molar-refractivity contribution >= 4 is 23.5 Å². The van der Waals surface area contributed by atoms with E-state index in [1.165, 1.54) is 4.90 Å². The molecule has 2 aromatic rings. The Hall–Kier alpha value is -3.26. The number of pyridine rings is 1. The maximum absolute atomic E-state index is 13.4. The van der Waals surface area contributed by atoms with E-state index in [1.54, 1.807) is 23.4 Å². The van der Waals surface area contributed by atoms with Crippen molar-refractivity contribution in [3.8, 4) is 0 Å². The number of rotatable bonds is 7. The Balaban J connectivity index is 1.57. The molecule has 2 fully saturated rings. The molecule has 4 rings (SSSR count). The zero-order chi connectivity index (χ0) is 23.4. The van der Waals surface area contributed by atoms with Crippen LogP contribution in [0.25, 0.3) is 0 Å². The van der Waals surface area contributed by atoms with E-state index in [-0.39, 0.29) is 30.9 Å². The van der Waals surface area contributed by atoms with Gasteiger partial charge in [0.2, 0.25) is 11.8 Å². The number of imide groups is 1. The minimum Gasteiger partial charge on any atom is -0.324 e. The highest BCUT2D eigenvalue weighted by atomic mass is 16.2. The van der Waals surface area contributed by atoms with E-state index >= 15 is 0 Å². The summed E-state index contributed by atoms with van der Waals surface area (Å²) in [5.74, 6) is -0.492. The molecular formula is C25H31N5O3. The number of benzene rings is 1. The fourth-order valence-corrected chi connectivity index (χ4v) is 4.76. The van der Waals surface area contributed by atoms with Gasteiger partial charge in [-0.15, -0.1) is 0 Å². The van der Waals surface area contributed by atoms with Gasteiger partial charge in [0.1, 0.15) is 12.6 Å². The third-order valence-electron chi connectivity index (χ3n) is 6.48. The fraction of sp³-hybridized carbons (Fsp3) is 0.440. The summed E-state index contributed by atoms with van der Waals surface area (Å²) >= 11 is 0. The van der Waals surface area contributed by atoms with Gasteiger partial charge < -0.3 is 15.5 Å². The number of anilines is 1. The predicted molar refractivity (Wildman–Crippen MR) is 126 cm³/mol. The molecule has 8 nitrogen and oxygen atoms in total. The molecule has 2 aliphatic rings. The van der Waals surface area contributed by atoms with Gasteiger partial charge in [-0.2, -0.15) is 0 Å². The van der Waals surface area contributed by atoms with E-state index in [0.717, 1.165) is 41.6 Å². The number of hydrogen-bond donors (Lipinski definition) is 2. The van der Waals surface area contributed by atoms with E-state index < -0.39 is 12.1 Å². The molecule has 2 unspecified atom stereocenters. The summed E-state index contributed by atoms with van der Waals surface area (Å²) in [5, 5.41) is 6.32. The van der Waals surface area contributed by atoms with Gasteiger partial charge >= 0.3 is 6.03 Å². The minimum absolute atomic E-state index is 0.0975. The molecule has 8 heteroatoms. The molecule has 4 amide bonds. The molecule has 2 aliphatic heterocycles. The summed E-state index contributed by atoms with van der Waals surface area (Å²) in [6, 6.07) is 8.37. The first-order valence-electron chi connectivity index (χ1n) is 11.7. The van der Waals surface area contributed by atoms with Crippen molar-refractivity contribution in [2.75, 3.05) is 18.4 Å². The molecule has 1 aromatic heterocycles. The number of nitrogens with one attached hydrogen (secondary N) is 2. The van der Waals surface area contributed by atoms with Gasteiger partial charge in [-0.05, 0) is 55.0 Å². The number of fused-ring (bicyclic) bond motifs is 1. The van der Waals surface area contributed by atoms with Crippen molar-refractivity contribution in [2.24, 2.45) is 0 Å². The van der Waals surface area contributed by atoms with Crippen LogP contribution < -0.4 is 10.6 Å². The number of piperidine rings is 1. The summed E-state index contributed by atoms with van der Waals surface area (Å²) in [6.07, 6.45) is 6.43. The highest BCUT2D eigenvalue weighted by Crippen LogP contribution is 2.27. The maximum atomic E-state index is 13.4. The number of para-hydroxylation sites is 1. The number of urea groups is 1. The average Bonchev–Trinajstić information content (AvgIpc) is 2.85. The average molecular weight is 450 g/mol. The van der Waals surface area contributed by atoms with Gasteiger partial charge in [-0.3, -0.25) is 19.5 Å². The van der Waals surface area contributed by atoms with Crippen molar-refractivity contribution < 1.29 is 14.4 Å². The van der Waals surface area contributed by atoms with Crippen LogP contribution in [0.5, 0.6) is 0 Å². The third-order valence-corrected chi connectivity index (χ3v) is 6.48. The lowest BCUT2D eigenvalue weighted by Crippen LogP contribution is -2.70. The van der Waals surface area contributed by atoms with Crippen LogP contribution in [-0.4, -0.2) is 57.8 Å². The van der Waals surface area contributed by atoms with Crippen LogP contribution in [-0.2, 0) is 29.0 Å². The van der Waals surface area contributed by atoms with Crippen molar-refractivity contribution in [2.45, 2.75) is 58.2 Å². The summed E-state index contributed by atoms with van der Waals surface area (Å²) in [4.78, 5) is 46.6. The largest absolute Gasteiger partial charge is 0.327 e. The van der Waals surface area contributed by atoms with Gasteiger partial charge in [-0.1, -0.05) is 38.1 Å². The van der Waals surface area contributed by atoms with Crippen LogP contribution >= 0.6 is 0 Å². The Labute approximate surface area is 194 Å². The normalized spacial score (nSPS) is 20.5. The molecule has 0 saturated carbocycles. The van der Waals surface area contributed by atoms with E-state index in [2.05, 4.69) is 29.5 Å². The molecule has 3 heterocycles. The lowest BCUT2D eigenvalue weighted by Gasteiger charge is -2.46. The van der Waals surface area contributed by atoms with E-state index in [1.807, 2.05) is 24.3 Å². The monoisotopic (exact) mass is 449 g/mol. The number of nitrogens with zero attached hydrogens (tertiary/aromatic N) is 3. The molecule has 2 saturated heterocycles. The quantitative estimate of drug-likeness (QED) is 0.678. The van der Waals surface area contributed by atoms with Crippen LogP contribution in [0.3, 0.4) is 0 Å². The molecular weight excluding hydrogens is 418 g/mol. The Morgan fingerprint density at radius 3 is 2.58 bits per heavy atom. The second-order valence-electron chi connectivity index (χ2n) is 8.54. The van der Waals surface area contributed by atoms with Crippen molar-refractivity contribution in [3.05, 3.63) is 59.4 Å². The van der Waals surface area contributed by atoms with Crippen molar-refractivity contribution in [1.82, 2.24) is 20.1 Å². The lowest BCUT2D eigenvalue weighted by atomic mass is 9.93. The van der Waals surface area contributed by atoms with E-state index in [9.17, 15) is 14.4 Å². The topological polar surface area (TPSA) is 94.6 Å². The summed E-state index contributed by atoms with van der Waals surface area (Å²) in [7, 11) is 0. The molecule has 1 aromatic carbocycles. The van der Waals surface area contributed by atoms with Gasteiger partial charge in [0, 0.05) is 18.1 Å². The minimum atomic E-state index is -0.505. The molecule has 0 bridgehead atoms. The Kier molecular flexibility index (Phi) is 7.03. The molecule has 2 N–H and O–H groups in total. The van der Waals surface area contributed by atoms with E-state index in [0.29, 0.717) is 13.0 Å². The molecule has 0 radical (unpaired) electrons. The lowest BCUT2D eigenvalue weighted by molar-refractivity contribution is -0.138. The maximum Gasteiger partial charge on any atom is 0.327 e. The number of carbonyl (C=O) groups excluding carboxylic acids is 3. The van der Waals surface area contributed by atoms with Gasteiger partial charge in [-0.25, -0.2) is 4.79 Å². The zero-order valence-electron chi connectivity index (χ0n) is 19.2. The van der Waals surface area contributed by atoms with Crippen LogP contribution in [0.4, 0.5) is 10.5 Å². The first-order chi connectivity index (χ1) is 16.0. The zero-order valence-corrected chi connectivity index (χ0v) is 19.2. The van der Waals surface area contributed by atoms with Crippen LogP contribution in [0.2, 0.25) is 0 Å². The van der Waals surface area contributed by atoms with E-state index in [4.69, 9.17) is 0 Å². The molecule has 174 valence electrons. The Morgan fingerprint density at radius 2 is 1.91 bits per heavy atom. The smallest absolute Gasteiger partial charge is 0.324 e. The molecule has 0 aliphatic carbocycles. The van der Waals surface area contributed by atoms with Crippen LogP contribution in [0.15, 0.2) is 42.7 Å². The van der Waals surface area contributed by atoms with Gasteiger partial charge in [0.15, 0.2) is 0 Å². The second kappa shape index (κ2) is 10.1. The van der Waals surface area contributed by atoms with Crippen molar-refractivity contribution in [3.63, 3.8) is 0 Å². The summed E-state index contributed by atoms with van der Waals surface area (Å²) in [5.41, 5.74) is 3.73. The highest BCUT2D eigenvalue weighted by Gasteiger charge is 2.47. The van der Waals surface area contributed by atoms with Crippen molar-refractivity contribution in [1.29, 1.82) is 0 Å². The number of hydrogen-bond acceptors (Lipinski definition) is 5. The van der Waals surface area contributed by atoms with Crippen LogP contribution in [0.1, 0.15) is 43.4 Å². The molecule has 0 spiro atoms. The Bertz CT molecular complexity index is 1000. The predicted octanol–water partition coefficient (Wildman–Crippen LogP) is 2.73. The van der Waals surface area contributed by atoms with Crippen LogP contribution in [0, 0.1) is 0 Å². The highest BCUT2D eigenvalue weighted by molar-refractivity contribution is 6.03. The number of aryl methyl sites for hydroxylation is 2. The first-order valence-corrected chi connectivity index (χ1v) is 11.7. The molecule has 2 atom stereocenters. The fourth-order valence-electron chi connectivity index (χ4n) is 4.76. The standard InChI is InChI=1S/C25H31N5O3/c1-3-18-9-5-10-19(4-2)22(18)28-21(31)16-29-20-11-7-13-27-23(20)24(32)30(25(29)33)15-17-8-6-12-26-14-17/h5-6,8-10,12,14,20,23,27H,3-4,7,11,13,15-16H2,1-2H3,(H,28,31).